The van der Waals surface area contributed by atoms with Gasteiger partial charge in [0, 0.05) is 0 Å². The molecule has 3 rings (SSSR count). The van der Waals surface area contributed by atoms with Crippen LogP contribution < -0.4 is 0 Å². The second-order valence-electron chi connectivity index (χ2n) is 11.9. The first-order valence-corrected chi connectivity index (χ1v) is 15.4. The topological polar surface area (TPSA) is 0 Å². The Bertz CT molecular complexity index is 801. The van der Waals surface area contributed by atoms with Crippen LogP contribution in [0.2, 0.25) is 0 Å². The average Bonchev–Trinajstić information content (AvgIpc) is 2.89. The van der Waals surface area contributed by atoms with Gasteiger partial charge in [-0.3, -0.25) is 0 Å². The van der Waals surface area contributed by atoms with Crippen LogP contribution in [0.15, 0.2) is 24.3 Å². The minimum Gasteiger partial charge on any atom is -0.206 e. The summed E-state index contributed by atoms with van der Waals surface area (Å²) in [6, 6.07) is 3.45. The third kappa shape index (κ3) is 10.4. The molecule has 0 aliphatic heterocycles. The molecular weight excluding hydrogens is 472 g/mol. The molecule has 1 unspecified atom stereocenters. The minimum absolute atomic E-state index is 0.526. The monoisotopic (exact) mass is 522 g/mol. The molecule has 1 aromatic carbocycles. The Balaban J connectivity index is 1.26. The van der Waals surface area contributed by atoms with Crippen molar-refractivity contribution in [1.29, 1.82) is 0 Å². The van der Waals surface area contributed by atoms with Crippen molar-refractivity contribution in [2.24, 2.45) is 17.8 Å². The molecule has 0 bridgehead atoms. The molecule has 0 radical (unpaired) electrons. The highest BCUT2D eigenvalue weighted by Gasteiger charge is 2.35. The van der Waals surface area contributed by atoms with Gasteiger partial charge >= 0.3 is 6.18 Å². The van der Waals surface area contributed by atoms with Crippen molar-refractivity contribution in [2.45, 2.75) is 142 Å². The van der Waals surface area contributed by atoms with Gasteiger partial charge in [-0.2, -0.15) is 13.2 Å². The summed E-state index contributed by atoms with van der Waals surface area (Å²) in [5.74, 6) is 1.12. The lowest BCUT2D eigenvalue weighted by molar-refractivity contribution is -0.140. The molecule has 1 saturated carbocycles. The predicted molar refractivity (Wildman–Crippen MR) is 148 cm³/mol. The summed E-state index contributed by atoms with van der Waals surface area (Å²) in [6.07, 6.45) is 23.9. The number of allylic oxidation sites excluding steroid dienone is 2. The molecule has 4 heteroatoms. The minimum atomic E-state index is -4.65. The first-order chi connectivity index (χ1) is 17.9. The van der Waals surface area contributed by atoms with Crippen molar-refractivity contribution < 1.29 is 17.6 Å². The van der Waals surface area contributed by atoms with Crippen molar-refractivity contribution in [3.05, 3.63) is 41.2 Å². The van der Waals surface area contributed by atoms with E-state index in [4.69, 9.17) is 0 Å². The second-order valence-corrected chi connectivity index (χ2v) is 11.9. The zero-order valence-corrected chi connectivity index (χ0v) is 23.2. The summed E-state index contributed by atoms with van der Waals surface area (Å²) in [6.45, 7) is 2.28. The summed E-state index contributed by atoms with van der Waals surface area (Å²) in [5.41, 5.74) is 0.320. The van der Waals surface area contributed by atoms with E-state index in [-0.39, 0.29) is 0 Å². The van der Waals surface area contributed by atoms with E-state index in [0.29, 0.717) is 11.5 Å². The maximum atomic E-state index is 13.6. The molecule has 0 aromatic heterocycles. The molecule has 210 valence electrons. The van der Waals surface area contributed by atoms with Crippen LogP contribution in [0.3, 0.4) is 0 Å². The van der Waals surface area contributed by atoms with Crippen molar-refractivity contribution >= 4 is 5.57 Å². The van der Waals surface area contributed by atoms with E-state index in [2.05, 4.69) is 13.0 Å². The third-order valence-electron chi connectivity index (χ3n) is 9.12. The van der Waals surface area contributed by atoms with Crippen LogP contribution in [-0.2, 0) is 6.18 Å². The molecule has 1 atom stereocenters. The highest BCUT2D eigenvalue weighted by molar-refractivity contribution is 5.67. The normalized spacial score (nSPS) is 22.7. The Morgan fingerprint density at radius 3 is 1.86 bits per heavy atom. The molecule has 0 amide bonds. The Kier molecular flexibility index (Phi) is 13.0. The fraction of sp³-hybridized carbons (Fsp3) is 0.758. The Labute approximate surface area is 223 Å². The van der Waals surface area contributed by atoms with Gasteiger partial charge in [0.1, 0.15) is 5.82 Å². The number of halogens is 4. The van der Waals surface area contributed by atoms with Crippen LogP contribution in [0.4, 0.5) is 17.6 Å². The molecule has 2 aliphatic rings. The molecule has 37 heavy (non-hydrogen) atoms. The highest BCUT2D eigenvalue weighted by Crippen LogP contribution is 2.43. The van der Waals surface area contributed by atoms with E-state index in [1.165, 1.54) is 115 Å². The van der Waals surface area contributed by atoms with Gasteiger partial charge in [0.05, 0.1) is 5.56 Å². The quantitative estimate of drug-likeness (QED) is 0.159. The molecule has 1 aromatic rings. The maximum absolute atomic E-state index is 13.6. The number of rotatable bonds is 15. The zero-order valence-electron chi connectivity index (χ0n) is 23.2. The maximum Gasteiger partial charge on any atom is 0.419 e. The largest absolute Gasteiger partial charge is 0.419 e. The lowest BCUT2D eigenvalue weighted by Crippen LogP contribution is -2.23. The fourth-order valence-electron chi connectivity index (χ4n) is 6.71. The van der Waals surface area contributed by atoms with Crippen molar-refractivity contribution in [1.82, 2.24) is 0 Å². The number of unbranched alkanes of at least 4 members (excludes halogenated alkanes) is 11. The molecule has 1 fully saturated rings. The fourth-order valence-corrected chi connectivity index (χ4v) is 6.71. The standard InChI is InChI=1S/C33H50F4/c1-2-3-4-5-6-7-8-9-10-11-12-13-14-26-15-17-27(18-16-26)28-19-21-29(22-20-28)30-23-24-32(34)31(25-30)33(35,36)37/h21,23-28H,2-20,22H2,1H3. The third-order valence-corrected chi connectivity index (χ3v) is 9.12. The van der Waals surface area contributed by atoms with Crippen LogP contribution in [0.1, 0.15) is 146 Å². The number of hydrogen-bond donors (Lipinski definition) is 0. The first kappa shape index (κ1) is 30.2. The van der Waals surface area contributed by atoms with Crippen molar-refractivity contribution in [3.63, 3.8) is 0 Å². The van der Waals surface area contributed by atoms with Crippen LogP contribution in [0, 0.1) is 23.6 Å². The highest BCUT2D eigenvalue weighted by atomic mass is 19.4. The van der Waals surface area contributed by atoms with Crippen LogP contribution in [0.25, 0.3) is 5.57 Å². The van der Waals surface area contributed by atoms with E-state index < -0.39 is 17.6 Å². The average molecular weight is 523 g/mol. The molecule has 0 heterocycles. The molecule has 2 aliphatic carbocycles. The van der Waals surface area contributed by atoms with Crippen molar-refractivity contribution in [2.75, 3.05) is 0 Å². The molecule has 0 saturated heterocycles. The second kappa shape index (κ2) is 15.9. The Hall–Kier alpha value is -1.32. The van der Waals surface area contributed by atoms with Gasteiger partial charge in [-0.15, -0.1) is 0 Å². The van der Waals surface area contributed by atoms with Crippen LogP contribution >= 0.6 is 0 Å². The van der Waals surface area contributed by atoms with E-state index in [1.54, 1.807) is 0 Å². The van der Waals surface area contributed by atoms with Gasteiger partial charge in [0.2, 0.25) is 0 Å². The summed E-state index contributed by atoms with van der Waals surface area (Å²) in [7, 11) is 0. The lowest BCUT2D eigenvalue weighted by atomic mass is 9.70. The van der Waals surface area contributed by atoms with Gasteiger partial charge in [0.25, 0.3) is 0 Å². The first-order valence-electron chi connectivity index (χ1n) is 15.4. The van der Waals surface area contributed by atoms with Gasteiger partial charge in [-0.05, 0) is 73.1 Å². The lowest BCUT2D eigenvalue weighted by Gasteiger charge is -2.35. The summed E-state index contributed by atoms with van der Waals surface area (Å²) in [5, 5.41) is 0. The number of alkyl halides is 3. The predicted octanol–water partition coefficient (Wildman–Crippen LogP) is 11.9. The van der Waals surface area contributed by atoms with Crippen LogP contribution in [0.5, 0.6) is 0 Å². The molecular formula is C33H50F4. The molecule has 0 nitrogen and oxygen atoms in total. The van der Waals surface area contributed by atoms with E-state index in [9.17, 15) is 17.6 Å². The van der Waals surface area contributed by atoms with Gasteiger partial charge in [-0.25, -0.2) is 4.39 Å². The molecule has 0 spiro atoms. The summed E-state index contributed by atoms with van der Waals surface area (Å²) < 4.78 is 52.9. The van der Waals surface area contributed by atoms with E-state index in [1.807, 2.05) is 0 Å². The van der Waals surface area contributed by atoms with Gasteiger partial charge < -0.3 is 0 Å². The van der Waals surface area contributed by atoms with Crippen LogP contribution in [-0.4, -0.2) is 0 Å². The SMILES string of the molecule is CCCCCCCCCCCCCCC1CCC(C2CC=C(c3ccc(F)c(C(F)(F)F)c3)CC2)CC1. The Morgan fingerprint density at radius 2 is 1.32 bits per heavy atom. The van der Waals surface area contributed by atoms with E-state index in [0.717, 1.165) is 48.8 Å². The van der Waals surface area contributed by atoms with Gasteiger partial charge in [0.15, 0.2) is 0 Å². The van der Waals surface area contributed by atoms with Crippen molar-refractivity contribution in [3.8, 4) is 0 Å². The smallest absolute Gasteiger partial charge is 0.206 e. The zero-order chi connectivity index (χ0) is 26.5. The summed E-state index contributed by atoms with van der Waals surface area (Å²) >= 11 is 0. The Morgan fingerprint density at radius 1 is 0.730 bits per heavy atom. The van der Waals surface area contributed by atoms with Gasteiger partial charge in [-0.1, -0.05) is 115 Å². The van der Waals surface area contributed by atoms with E-state index >= 15 is 0 Å². The number of benzene rings is 1. The number of hydrogen-bond acceptors (Lipinski definition) is 0. The summed E-state index contributed by atoms with van der Waals surface area (Å²) in [4.78, 5) is 0. The molecule has 0 N–H and O–H groups in total.